The molecule has 1 unspecified atom stereocenters. The van der Waals surface area contributed by atoms with E-state index >= 15 is 0 Å². The second-order valence-electron chi connectivity index (χ2n) is 4.30. The predicted molar refractivity (Wildman–Crippen MR) is 69.2 cm³/mol. The van der Waals surface area contributed by atoms with Gasteiger partial charge in [0.15, 0.2) is 0 Å². The molecule has 0 amide bonds. The van der Waals surface area contributed by atoms with E-state index in [1.807, 2.05) is 12.3 Å². The van der Waals surface area contributed by atoms with Gasteiger partial charge in [0.25, 0.3) is 0 Å². The van der Waals surface area contributed by atoms with E-state index in [0.717, 1.165) is 25.2 Å². The van der Waals surface area contributed by atoms with Gasteiger partial charge in [-0.25, -0.2) is 0 Å². The van der Waals surface area contributed by atoms with Gasteiger partial charge in [-0.05, 0) is 37.9 Å². The summed E-state index contributed by atoms with van der Waals surface area (Å²) in [5.74, 6) is 0. The molecule has 86 valence electrons. The summed E-state index contributed by atoms with van der Waals surface area (Å²) in [4.78, 5) is 7.36. The number of hydrogen-bond donors (Lipinski definition) is 1. The normalized spacial score (nSPS) is 21.2. The molecular weight excluding hydrogens is 218 g/mol. The number of aromatic nitrogens is 1. The van der Waals surface area contributed by atoms with Gasteiger partial charge in [-0.1, -0.05) is 18.3 Å². The van der Waals surface area contributed by atoms with Crippen LogP contribution in [0.15, 0.2) is 18.3 Å². The van der Waals surface area contributed by atoms with Crippen molar-refractivity contribution in [2.45, 2.75) is 32.4 Å². The van der Waals surface area contributed by atoms with Gasteiger partial charge in [-0.3, -0.25) is 9.88 Å². The van der Waals surface area contributed by atoms with Gasteiger partial charge in [0, 0.05) is 12.7 Å². The van der Waals surface area contributed by atoms with Crippen LogP contribution in [-0.4, -0.2) is 27.5 Å². The molecule has 1 atom stereocenters. The van der Waals surface area contributed by atoms with Gasteiger partial charge >= 0.3 is 0 Å². The lowest BCUT2D eigenvalue weighted by atomic mass is 10.2. The molecule has 0 aliphatic carbocycles. The molecule has 1 fully saturated rings. The first-order valence-corrected chi connectivity index (χ1v) is 6.03. The molecule has 16 heavy (non-hydrogen) atoms. The number of hydrogen-bond acceptors (Lipinski definition) is 3. The van der Waals surface area contributed by atoms with Crippen LogP contribution < -0.4 is 5.73 Å². The van der Waals surface area contributed by atoms with Crippen molar-refractivity contribution in [3.05, 3.63) is 29.6 Å². The van der Waals surface area contributed by atoms with Crippen LogP contribution in [0.5, 0.6) is 0 Å². The molecule has 2 N–H and O–H groups in total. The van der Waals surface area contributed by atoms with Crippen molar-refractivity contribution >= 4 is 17.2 Å². The highest BCUT2D eigenvalue weighted by molar-refractivity contribution is 7.80. The molecule has 1 aromatic rings. The Hall–Kier alpha value is -1.00. The van der Waals surface area contributed by atoms with Crippen LogP contribution in [0.3, 0.4) is 0 Å². The maximum atomic E-state index is 5.75. The van der Waals surface area contributed by atoms with Crippen molar-refractivity contribution in [2.24, 2.45) is 5.73 Å². The summed E-state index contributed by atoms with van der Waals surface area (Å²) >= 11 is 5.10. The summed E-state index contributed by atoms with van der Waals surface area (Å²) < 4.78 is 0. The van der Waals surface area contributed by atoms with Crippen LogP contribution in [0.2, 0.25) is 0 Å². The molecule has 2 heterocycles. The average molecular weight is 235 g/mol. The monoisotopic (exact) mass is 235 g/mol. The number of rotatable bonds is 3. The second-order valence-corrected chi connectivity index (χ2v) is 4.77. The first-order valence-electron chi connectivity index (χ1n) is 5.62. The molecule has 3 nitrogen and oxygen atoms in total. The van der Waals surface area contributed by atoms with E-state index in [4.69, 9.17) is 18.0 Å². The maximum absolute atomic E-state index is 5.75. The zero-order valence-corrected chi connectivity index (χ0v) is 10.3. The minimum Gasteiger partial charge on any atom is -0.392 e. The van der Waals surface area contributed by atoms with E-state index in [-0.39, 0.29) is 6.04 Å². The van der Waals surface area contributed by atoms with Crippen molar-refractivity contribution in [2.75, 3.05) is 6.54 Å². The summed E-state index contributed by atoms with van der Waals surface area (Å²) in [7, 11) is 0. The SMILES string of the molecule is Cc1cccnc1CN1CCCC1C(N)=S. The van der Waals surface area contributed by atoms with Crippen molar-refractivity contribution < 1.29 is 0 Å². The quantitative estimate of drug-likeness (QED) is 0.809. The minimum atomic E-state index is 0.261. The smallest absolute Gasteiger partial charge is 0.0902 e. The largest absolute Gasteiger partial charge is 0.392 e. The van der Waals surface area contributed by atoms with Gasteiger partial charge < -0.3 is 5.73 Å². The molecule has 0 saturated carbocycles. The van der Waals surface area contributed by atoms with E-state index in [0.29, 0.717) is 4.99 Å². The van der Waals surface area contributed by atoms with Crippen molar-refractivity contribution in [1.29, 1.82) is 0 Å². The number of nitrogens with two attached hydrogens (primary N) is 1. The predicted octanol–water partition coefficient (Wildman–Crippen LogP) is 1.64. The third-order valence-electron chi connectivity index (χ3n) is 3.16. The highest BCUT2D eigenvalue weighted by Gasteiger charge is 2.26. The standard InChI is InChI=1S/C12H17N3S/c1-9-4-2-6-14-10(9)8-15-7-3-5-11(15)12(13)16/h2,4,6,11H,3,5,7-8H2,1H3,(H2,13,16). The van der Waals surface area contributed by atoms with Gasteiger partial charge in [0.05, 0.1) is 16.7 Å². The van der Waals surface area contributed by atoms with E-state index in [2.05, 4.69) is 22.9 Å². The van der Waals surface area contributed by atoms with Gasteiger partial charge in [-0.2, -0.15) is 0 Å². The Labute approximate surface area is 102 Å². The molecule has 0 bridgehead atoms. The highest BCUT2D eigenvalue weighted by Crippen LogP contribution is 2.20. The fourth-order valence-electron chi connectivity index (χ4n) is 2.21. The van der Waals surface area contributed by atoms with Gasteiger partial charge in [0.1, 0.15) is 0 Å². The Bertz CT molecular complexity index is 392. The first kappa shape index (κ1) is 11.5. The summed E-state index contributed by atoms with van der Waals surface area (Å²) in [6.07, 6.45) is 4.10. The number of nitrogens with zero attached hydrogens (tertiary/aromatic N) is 2. The number of pyridine rings is 1. The first-order chi connectivity index (χ1) is 7.68. The molecule has 0 spiro atoms. The van der Waals surface area contributed by atoms with E-state index in [1.165, 1.54) is 12.0 Å². The molecule has 1 aliphatic rings. The fraction of sp³-hybridized carbons (Fsp3) is 0.500. The molecule has 2 rings (SSSR count). The van der Waals surface area contributed by atoms with Crippen LogP contribution >= 0.6 is 12.2 Å². The Balaban J connectivity index is 2.10. The van der Waals surface area contributed by atoms with Crippen LogP contribution in [-0.2, 0) is 6.54 Å². The second kappa shape index (κ2) is 4.89. The number of aryl methyl sites for hydroxylation is 1. The molecule has 0 aromatic carbocycles. The van der Waals surface area contributed by atoms with E-state index in [1.54, 1.807) is 0 Å². The zero-order chi connectivity index (χ0) is 11.5. The Morgan fingerprint density at radius 2 is 2.50 bits per heavy atom. The van der Waals surface area contributed by atoms with Crippen molar-refractivity contribution in [3.63, 3.8) is 0 Å². The number of thiocarbonyl (C=S) groups is 1. The molecule has 1 aliphatic heterocycles. The fourth-order valence-corrected chi connectivity index (χ4v) is 2.48. The molecular formula is C12H17N3S. The summed E-state index contributed by atoms with van der Waals surface area (Å²) in [5, 5.41) is 0. The maximum Gasteiger partial charge on any atom is 0.0902 e. The van der Waals surface area contributed by atoms with Gasteiger partial charge in [-0.15, -0.1) is 0 Å². The summed E-state index contributed by atoms with van der Waals surface area (Å²) in [5.41, 5.74) is 8.11. The van der Waals surface area contributed by atoms with Crippen LogP contribution in [0.1, 0.15) is 24.1 Å². The Morgan fingerprint density at radius 3 is 3.19 bits per heavy atom. The average Bonchev–Trinajstić information content (AvgIpc) is 2.69. The number of likely N-dealkylation sites (tertiary alicyclic amines) is 1. The molecule has 1 aromatic heterocycles. The lowest BCUT2D eigenvalue weighted by Gasteiger charge is -2.23. The third-order valence-corrected chi connectivity index (χ3v) is 3.43. The van der Waals surface area contributed by atoms with Crippen LogP contribution in [0, 0.1) is 6.92 Å². The Morgan fingerprint density at radius 1 is 1.69 bits per heavy atom. The Kier molecular flexibility index (Phi) is 3.51. The van der Waals surface area contributed by atoms with Crippen LogP contribution in [0.25, 0.3) is 0 Å². The van der Waals surface area contributed by atoms with Crippen LogP contribution in [0.4, 0.5) is 0 Å². The van der Waals surface area contributed by atoms with Crippen molar-refractivity contribution in [1.82, 2.24) is 9.88 Å². The lowest BCUT2D eigenvalue weighted by molar-refractivity contribution is 0.291. The topological polar surface area (TPSA) is 42.2 Å². The van der Waals surface area contributed by atoms with E-state index < -0.39 is 0 Å². The lowest BCUT2D eigenvalue weighted by Crippen LogP contribution is -2.38. The third kappa shape index (κ3) is 2.39. The summed E-state index contributed by atoms with van der Waals surface area (Å²) in [6.45, 7) is 4.01. The molecule has 4 heteroatoms. The highest BCUT2D eigenvalue weighted by atomic mass is 32.1. The zero-order valence-electron chi connectivity index (χ0n) is 9.52. The minimum absolute atomic E-state index is 0.261. The van der Waals surface area contributed by atoms with Gasteiger partial charge in [0.2, 0.25) is 0 Å². The molecule has 0 radical (unpaired) electrons. The van der Waals surface area contributed by atoms with Crippen molar-refractivity contribution in [3.8, 4) is 0 Å². The summed E-state index contributed by atoms with van der Waals surface area (Å²) in [6, 6.07) is 4.32. The van der Waals surface area contributed by atoms with E-state index in [9.17, 15) is 0 Å². The molecule has 1 saturated heterocycles.